The van der Waals surface area contributed by atoms with Crippen LogP contribution in [0.5, 0.6) is 0 Å². The van der Waals surface area contributed by atoms with Crippen LogP contribution in [0.3, 0.4) is 0 Å². The molecular weight excluding hydrogens is 316 g/mol. The molecule has 2 aromatic heterocycles. The van der Waals surface area contributed by atoms with Crippen LogP contribution < -0.4 is 9.80 Å². The van der Waals surface area contributed by atoms with Crippen LogP contribution >= 0.6 is 0 Å². The van der Waals surface area contributed by atoms with E-state index in [9.17, 15) is 0 Å². The van der Waals surface area contributed by atoms with Crippen molar-refractivity contribution in [1.82, 2.24) is 19.9 Å². The van der Waals surface area contributed by atoms with Crippen molar-refractivity contribution in [1.29, 1.82) is 0 Å². The second-order valence-corrected chi connectivity index (χ2v) is 6.75. The van der Waals surface area contributed by atoms with E-state index in [-0.39, 0.29) is 6.04 Å². The zero-order valence-corrected chi connectivity index (χ0v) is 15.1. The summed E-state index contributed by atoms with van der Waals surface area (Å²) in [4.78, 5) is 23.1. The molecule has 0 spiro atoms. The summed E-state index contributed by atoms with van der Waals surface area (Å²) in [5.41, 5.74) is 3.06. The number of anilines is 2. The van der Waals surface area contributed by atoms with Crippen molar-refractivity contribution < 1.29 is 4.74 Å². The summed E-state index contributed by atoms with van der Waals surface area (Å²) in [6, 6.07) is 4.35. The van der Waals surface area contributed by atoms with E-state index in [1.54, 1.807) is 0 Å². The van der Waals surface area contributed by atoms with Gasteiger partial charge in [-0.2, -0.15) is 0 Å². The van der Waals surface area contributed by atoms with Crippen molar-refractivity contribution in [2.45, 2.75) is 33.2 Å². The monoisotopic (exact) mass is 340 g/mol. The Kier molecular flexibility index (Phi) is 4.25. The minimum atomic E-state index is 0.225. The summed E-state index contributed by atoms with van der Waals surface area (Å²) in [6.07, 6.45) is 1.06. The lowest BCUT2D eigenvalue weighted by Crippen LogP contribution is -2.43. The van der Waals surface area contributed by atoms with Gasteiger partial charge in [0.25, 0.3) is 0 Å². The first-order chi connectivity index (χ1) is 12.1. The largest absolute Gasteiger partial charge is 0.378 e. The van der Waals surface area contributed by atoms with Crippen LogP contribution in [-0.2, 0) is 4.74 Å². The first-order valence-electron chi connectivity index (χ1n) is 8.87. The highest BCUT2D eigenvalue weighted by Crippen LogP contribution is 2.36. The van der Waals surface area contributed by atoms with E-state index in [1.807, 2.05) is 26.8 Å². The lowest BCUT2D eigenvalue weighted by Gasteiger charge is -2.41. The van der Waals surface area contributed by atoms with Crippen LogP contribution in [-0.4, -0.2) is 52.8 Å². The van der Waals surface area contributed by atoms with E-state index in [0.717, 1.165) is 73.9 Å². The molecule has 4 heterocycles. The lowest BCUT2D eigenvalue weighted by molar-refractivity contribution is 0.122. The smallest absolute Gasteiger partial charge is 0.226 e. The van der Waals surface area contributed by atoms with Gasteiger partial charge >= 0.3 is 0 Å². The van der Waals surface area contributed by atoms with Gasteiger partial charge in [-0.25, -0.2) is 19.9 Å². The van der Waals surface area contributed by atoms with E-state index in [1.165, 1.54) is 0 Å². The van der Waals surface area contributed by atoms with Crippen LogP contribution in [0.2, 0.25) is 0 Å². The van der Waals surface area contributed by atoms with E-state index in [2.05, 4.69) is 30.8 Å². The molecule has 0 radical (unpaired) electrons. The summed E-state index contributed by atoms with van der Waals surface area (Å²) in [5.74, 6) is 2.61. The van der Waals surface area contributed by atoms with Gasteiger partial charge in [-0.05, 0) is 33.3 Å². The lowest BCUT2D eigenvalue weighted by atomic mass is 9.99. The van der Waals surface area contributed by atoms with Gasteiger partial charge in [0, 0.05) is 37.1 Å². The summed E-state index contributed by atoms with van der Waals surface area (Å²) >= 11 is 0. The third-order valence-electron chi connectivity index (χ3n) is 4.77. The molecule has 0 amide bonds. The van der Waals surface area contributed by atoms with Crippen molar-refractivity contribution in [2.24, 2.45) is 0 Å². The van der Waals surface area contributed by atoms with E-state index in [0.29, 0.717) is 0 Å². The molecule has 0 N–H and O–H groups in total. The predicted octanol–water partition coefficient (Wildman–Crippen LogP) is 1.98. The quantitative estimate of drug-likeness (QED) is 0.846. The first kappa shape index (κ1) is 16.2. The zero-order chi connectivity index (χ0) is 17.4. The van der Waals surface area contributed by atoms with Crippen molar-refractivity contribution >= 4 is 11.8 Å². The van der Waals surface area contributed by atoms with Gasteiger partial charge < -0.3 is 14.5 Å². The second-order valence-electron chi connectivity index (χ2n) is 6.75. The Bertz CT molecular complexity index is 754. The van der Waals surface area contributed by atoms with E-state index >= 15 is 0 Å². The van der Waals surface area contributed by atoms with E-state index < -0.39 is 0 Å². The molecular formula is C18H24N6O. The Labute approximate surface area is 148 Å². The van der Waals surface area contributed by atoms with Gasteiger partial charge in [0.1, 0.15) is 11.6 Å². The maximum Gasteiger partial charge on any atom is 0.226 e. The van der Waals surface area contributed by atoms with E-state index in [4.69, 9.17) is 9.72 Å². The molecule has 1 atom stereocenters. The van der Waals surface area contributed by atoms with Gasteiger partial charge in [0.2, 0.25) is 5.95 Å². The number of nitrogens with zero attached hydrogens (tertiary/aromatic N) is 6. The summed E-state index contributed by atoms with van der Waals surface area (Å²) < 4.78 is 5.45. The highest BCUT2D eigenvalue weighted by Gasteiger charge is 2.33. The molecule has 0 saturated carbocycles. The average molecular weight is 340 g/mol. The van der Waals surface area contributed by atoms with Crippen LogP contribution in [0.1, 0.15) is 35.4 Å². The standard InChI is InChI=1S/C18H24N6O/c1-12-10-13(2)20-18(19-12)24-5-4-16(24)15-11-17(22-14(3)21-15)23-6-8-25-9-7-23/h10-11,16H,4-9H2,1-3H3. The Morgan fingerprint density at radius 1 is 0.920 bits per heavy atom. The molecule has 2 fully saturated rings. The van der Waals surface area contributed by atoms with Crippen LogP contribution in [0.15, 0.2) is 12.1 Å². The molecule has 132 valence electrons. The molecule has 2 saturated heterocycles. The third kappa shape index (κ3) is 3.28. The Morgan fingerprint density at radius 3 is 2.28 bits per heavy atom. The molecule has 0 aromatic carbocycles. The molecule has 25 heavy (non-hydrogen) atoms. The Morgan fingerprint density at radius 2 is 1.64 bits per heavy atom. The number of ether oxygens (including phenoxy) is 1. The minimum Gasteiger partial charge on any atom is -0.378 e. The maximum absolute atomic E-state index is 5.45. The van der Waals surface area contributed by atoms with Gasteiger partial charge in [-0.3, -0.25) is 0 Å². The van der Waals surface area contributed by atoms with Gasteiger partial charge in [0.15, 0.2) is 0 Å². The zero-order valence-electron chi connectivity index (χ0n) is 15.1. The maximum atomic E-state index is 5.45. The summed E-state index contributed by atoms with van der Waals surface area (Å²) in [5, 5.41) is 0. The van der Waals surface area contributed by atoms with Crippen molar-refractivity contribution in [3.05, 3.63) is 35.0 Å². The SMILES string of the molecule is Cc1cc(C)nc(N2CCC2c2cc(N3CCOCC3)nc(C)n2)n1. The molecule has 7 heteroatoms. The number of morpholine rings is 1. The molecule has 0 bridgehead atoms. The van der Waals surface area contributed by atoms with Crippen LogP contribution in [0, 0.1) is 20.8 Å². The third-order valence-corrected chi connectivity index (χ3v) is 4.77. The highest BCUT2D eigenvalue weighted by molar-refractivity contribution is 5.46. The minimum absolute atomic E-state index is 0.225. The van der Waals surface area contributed by atoms with Gasteiger partial charge in [-0.15, -0.1) is 0 Å². The van der Waals surface area contributed by atoms with Crippen molar-refractivity contribution in [3.8, 4) is 0 Å². The second kappa shape index (κ2) is 6.55. The fourth-order valence-electron chi connectivity index (χ4n) is 3.47. The summed E-state index contributed by atoms with van der Waals surface area (Å²) in [7, 11) is 0. The number of aromatic nitrogens is 4. The molecule has 2 aliphatic rings. The molecule has 0 aliphatic carbocycles. The topological polar surface area (TPSA) is 67.3 Å². The van der Waals surface area contributed by atoms with Crippen LogP contribution in [0.4, 0.5) is 11.8 Å². The van der Waals surface area contributed by atoms with Crippen molar-refractivity contribution in [2.75, 3.05) is 42.6 Å². The molecule has 1 unspecified atom stereocenters. The normalized spacial score (nSPS) is 20.5. The number of aryl methyl sites for hydroxylation is 3. The highest BCUT2D eigenvalue weighted by atomic mass is 16.5. The van der Waals surface area contributed by atoms with Gasteiger partial charge in [-0.1, -0.05) is 0 Å². The molecule has 2 aliphatic heterocycles. The Hall–Kier alpha value is -2.28. The van der Waals surface area contributed by atoms with Gasteiger partial charge in [0.05, 0.1) is 24.9 Å². The van der Waals surface area contributed by atoms with Crippen molar-refractivity contribution in [3.63, 3.8) is 0 Å². The summed E-state index contributed by atoms with van der Waals surface area (Å²) in [6.45, 7) is 10.2. The average Bonchev–Trinajstić information content (AvgIpc) is 2.53. The molecule has 2 aromatic rings. The Balaban J connectivity index is 1.61. The number of hydrogen-bond donors (Lipinski definition) is 0. The first-order valence-corrected chi connectivity index (χ1v) is 8.87. The number of hydrogen-bond acceptors (Lipinski definition) is 7. The molecule has 4 rings (SSSR count). The predicted molar refractivity (Wildman–Crippen MR) is 96.0 cm³/mol. The fourth-order valence-corrected chi connectivity index (χ4v) is 3.47. The number of rotatable bonds is 3. The van der Waals surface area contributed by atoms with Crippen LogP contribution in [0.25, 0.3) is 0 Å². The fraction of sp³-hybridized carbons (Fsp3) is 0.556. The molecule has 7 nitrogen and oxygen atoms in total.